The minimum Gasteiger partial charge on any atom is -0.497 e. The smallest absolute Gasteiger partial charge is 0.332 e. The standard InChI is InChI=1S/C22H18FN3O4S/c1-30-17-4-2-3-14(11-17)12-26-21(28)20-18(9-10-31-20)25(22(26)29)13-19(27)24-16-7-5-15(23)6-8-16/h2-11H,12-13H2,1H3,(H,24,27). The van der Waals surface area contributed by atoms with E-state index in [2.05, 4.69) is 5.32 Å². The van der Waals surface area contributed by atoms with Crippen molar-refractivity contribution in [2.45, 2.75) is 13.1 Å². The fraction of sp³-hybridized carbons (Fsp3) is 0.136. The van der Waals surface area contributed by atoms with Gasteiger partial charge in [-0.1, -0.05) is 12.1 Å². The first-order valence-corrected chi connectivity index (χ1v) is 10.2. The Balaban J connectivity index is 1.70. The average Bonchev–Trinajstić information content (AvgIpc) is 3.26. The van der Waals surface area contributed by atoms with Gasteiger partial charge in [-0.25, -0.2) is 9.18 Å². The van der Waals surface area contributed by atoms with Crippen molar-refractivity contribution in [3.05, 3.63) is 92.2 Å². The maximum atomic E-state index is 13.2. The number of halogens is 1. The SMILES string of the molecule is COc1cccc(Cn2c(=O)c3sccc3n(CC(=O)Nc3ccc(F)cc3)c2=O)c1. The highest BCUT2D eigenvalue weighted by atomic mass is 32.1. The zero-order chi connectivity index (χ0) is 22.0. The summed E-state index contributed by atoms with van der Waals surface area (Å²) in [7, 11) is 1.54. The number of amides is 1. The van der Waals surface area contributed by atoms with E-state index in [1.807, 2.05) is 0 Å². The molecule has 2 aromatic heterocycles. The minimum atomic E-state index is -0.590. The summed E-state index contributed by atoms with van der Waals surface area (Å²) in [5, 5.41) is 4.34. The third kappa shape index (κ3) is 4.26. The van der Waals surface area contributed by atoms with Crippen molar-refractivity contribution in [3.8, 4) is 5.75 Å². The number of fused-ring (bicyclic) bond motifs is 1. The van der Waals surface area contributed by atoms with E-state index in [1.54, 1.807) is 35.7 Å². The Hall–Kier alpha value is -3.72. The molecular formula is C22H18FN3O4S. The summed E-state index contributed by atoms with van der Waals surface area (Å²) in [5.74, 6) is -0.270. The zero-order valence-electron chi connectivity index (χ0n) is 16.5. The molecule has 9 heteroatoms. The largest absolute Gasteiger partial charge is 0.497 e. The van der Waals surface area contributed by atoms with Crippen LogP contribution >= 0.6 is 11.3 Å². The number of methoxy groups -OCH3 is 1. The summed E-state index contributed by atoms with van der Waals surface area (Å²) in [5.41, 5.74) is 0.527. The molecule has 4 rings (SSSR count). The maximum Gasteiger partial charge on any atom is 0.332 e. The highest BCUT2D eigenvalue weighted by Gasteiger charge is 2.17. The molecule has 2 aromatic carbocycles. The second kappa shape index (κ2) is 8.57. The molecule has 0 aliphatic rings. The number of aromatic nitrogens is 2. The summed E-state index contributed by atoms with van der Waals surface area (Å²) in [6.07, 6.45) is 0. The van der Waals surface area contributed by atoms with Crippen molar-refractivity contribution in [2.24, 2.45) is 0 Å². The van der Waals surface area contributed by atoms with Gasteiger partial charge in [-0.2, -0.15) is 0 Å². The number of carbonyl (C=O) groups excluding carboxylic acids is 1. The Morgan fingerprint density at radius 3 is 2.61 bits per heavy atom. The second-order valence-electron chi connectivity index (χ2n) is 6.80. The number of benzene rings is 2. The Morgan fingerprint density at radius 2 is 1.87 bits per heavy atom. The lowest BCUT2D eigenvalue weighted by Crippen LogP contribution is -2.41. The van der Waals surface area contributed by atoms with Crippen LogP contribution in [0, 0.1) is 5.82 Å². The van der Waals surface area contributed by atoms with Crippen LogP contribution in [0.25, 0.3) is 10.2 Å². The monoisotopic (exact) mass is 439 g/mol. The van der Waals surface area contributed by atoms with Gasteiger partial charge in [-0.05, 0) is 53.4 Å². The Morgan fingerprint density at radius 1 is 1.10 bits per heavy atom. The molecule has 0 spiro atoms. The van der Waals surface area contributed by atoms with Gasteiger partial charge in [0.05, 0.1) is 19.2 Å². The topological polar surface area (TPSA) is 82.3 Å². The molecule has 0 unspecified atom stereocenters. The first-order valence-electron chi connectivity index (χ1n) is 9.35. The van der Waals surface area contributed by atoms with E-state index in [1.165, 1.54) is 47.3 Å². The fourth-order valence-electron chi connectivity index (χ4n) is 3.26. The molecule has 4 aromatic rings. The number of nitrogens with one attached hydrogen (secondary N) is 1. The summed E-state index contributed by atoms with van der Waals surface area (Å²) in [4.78, 5) is 38.6. The van der Waals surface area contributed by atoms with Crippen molar-refractivity contribution in [2.75, 3.05) is 12.4 Å². The Kier molecular flexibility index (Phi) is 5.68. The van der Waals surface area contributed by atoms with Gasteiger partial charge >= 0.3 is 5.69 Å². The summed E-state index contributed by atoms with van der Waals surface area (Å²) in [6.45, 7) is -0.246. The molecule has 0 aliphatic heterocycles. The average molecular weight is 439 g/mol. The van der Waals surface area contributed by atoms with Crippen LogP contribution in [0.1, 0.15) is 5.56 Å². The van der Waals surface area contributed by atoms with Crippen molar-refractivity contribution in [3.63, 3.8) is 0 Å². The molecular weight excluding hydrogens is 421 g/mol. The molecule has 0 aliphatic carbocycles. The predicted molar refractivity (Wildman–Crippen MR) is 117 cm³/mol. The van der Waals surface area contributed by atoms with Gasteiger partial charge in [0, 0.05) is 5.69 Å². The molecule has 158 valence electrons. The number of rotatable bonds is 6. The van der Waals surface area contributed by atoms with Gasteiger partial charge in [0.25, 0.3) is 5.56 Å². The van der Waals surface area contributed by atoms with Crippen molar-refractivity contribution < 1.29 is 13.9 Å². The predicted octanol–water partition coefficient (Wildman–Crippen LogP) is 3.06. The Bertz CT molecular complexity index is 1370. The maximum absolute atomic E-state index is 13.2. The van der Waals surface area contributed by atoms with Crippen molar-refractivity contribution in [1.82, 2.24) is 9.13 Å². The molecule has 0 radical (unpaired) electrons. The number of nitrogens with zero attached hydrogens (tertiary/aromatic N) is 2. The summed E-state index contributed by atoms with van der Waals surface area (Å²) < 4.78 is 21.0. The van der Waals surface area contributed by atoms with Crippen LogP contribution in [-0.4, -0.2) is 22.2 Å². The van der Waals surface area contributed by atoms with Crippen LogP contribution in [0.2, 0.25) is 0 Å². The quantitative estimate of drug-likeness (QED) is 0.501. The number of ether oxygens (including phenoxy) is 1. The van der Waals surface area contributed by atoms with Gasteiger partial charge in [-0.15, -0.1) is 11.3 Å². The van der Waals surface area contributed by atoms with E-state index >= 15 is 0 Å². The number of anilines is 1. The minimum absolute atomic E-state index is 0.0439. The van der Waals surface area contributed by atoms with E-state index < -0.39 is 23.0 Å². The lowest BCUT2D eigenvalue weighted by atomic mass is 10.2. The van der Waals surface area contributed by atoms with Crippen LogP contribution in [-0.2, 0) is 17.9 Å². The zero-order valence-corrected chi connectivity index (χ0v) is 17.3. The number of hydrogen-bond donors (Lipinski definition) is 1. The van der Waals surface area contributed by atoms with E-state index in [-0.39, 0.29) is 13.1 Å². The van der Waals surface area contributed by atoms with Crippen LogP contribution < -0.4 is 21.3 Å². The molecule has 2 heterocycles. The van der Waals surface area contributed by atoms with Gasteiger partial charge in [0.2, 0.25) is 5.91 Å². The first-order chi connectivity index (χ1) is 15.0. The molecule has 0 bridgehead atoms. The molecule has 1 amide bonds. The third-order valence-corrected chi connectivity index (χ3v) is 5.63. The van der Waals surface area contributed by atoms with E-state index in [0.29, 0.717) is 21.7 Å². The van der Waals surface area contributed by atoms with E-state index in [4.69, 9.17) is 4.74 Å². The van der Waals surface area contributed by atoms with E-state index in [9.17, 15) is 18.8 Å². The number of carbonyl (C=O) groups is 1. The van der Waals surface area contributed by atoms with Crippen LogP contribution in [0.4, 0.5) is 10.1 Å². The number of hydrogen-bond acceptors (Lipinski definition) is 5. The number of thiophene rings is 1. The van der Waals surface area contributed by atoms with Gasteiger partial charge in [-0.3, -0.25) is 18.7 Å². The molecule has 0 saturated carbocycles. The molecule has 0 fully saturated rings. The van der Waals surface area contributed by atoms with Crippen LogP contribution in [0.3, 0.4) is 0 Å². The van der Waals surface area contributed by atoms with Gasteiger partial charge < -0.3 is 10.1 Å². The van der Waals surface area contributed by atoms with Crippen LogP contribution in [0.15, 0.2) is 69.6 Å². The lowest BCUT2D eigenvalue weighted by molar-refractivity contribution is -0.116. The van der Waals surface area contributed by atoms with Crippen LogP contribution in [0.5, 0.6) is 5.75 Å². The van der Waals surface area contributed by atoms with Gasteiger partial charge in [0.1, 0.15) is 22.8 Å². The normalized spacial score (nSPS) is 10.9. The molecule has 31 heavy (non-hydrogen) atoms. The van der Waals surface area contributed by atoms with Crippen molar-refractivity contribution in [1.29, 1.82) is 0 Å². The highest BCUT2D eigenvalue weighted by molar-refractivity contribution is 7.17. The third-order valence-electron chi connectivity index (χ3n) is 4.74. The fourth-order valence-corrected chi connectivity index (χ4v) is 4.10. The molecule has 0 atom stereocenters. The molecule has 0 saturated heterocycles. The summed E-state index contributed by atoms with van der Waals surface area (Å²) >= 11 is 1.21. The summed E-state index contributed by atoms with van der Waals surface area (Å²) in [6, 6.07) is 14.0. The lowest BCUT2D eigenvalue weighted by Gasteiger charge is -2.13. The van der Waals surface area contributed by atoms with Crippen molar-refractivity contribution >= 4 is 33.1 Å². The highest BCUT2D eigenvalue weighted by Crippen LogP contribution is 2.17. The molecule has 1 N–H and O–H groups in total. The molecule has 7 nitrogen and oxygen atoms in total. The van der Waals surface area contributed by atoms with Gasteiger partial charge in [0.15, 0.2) is 0 Å². The first kappa shape index (κ1) is 20.5. The second-order valence-corrected chi connectivity index (χ2v) is 7.72. The Labute approximate surface area is 180 Å². The van der Waals surface area contributed by atoms with E-state index in [0.717, 1.165) is 10.1 Å².